The molecule has 1 aliphatic heterocycles. The van der Waals surface area contributed by atoms with Crippen LogP contribution in [0.2, 0.25) is 0 Å². The molecule has 0 saturated carbocycles. The number of fused-ring (bicyclic) bond motifs is 2. The van der Waals surface area contributed by atoms with Gasteiger partial charge in [0, 0.05) is 26.0 Å². The first-order valence-electron chi connectivity index (χ1n) is 9.33. The van der Waals surface area contributed by atoms with Gasteiger partial charge in [0.1, 0.15) is 11.5 Å². The van der Waals surface area contributed by atoms with Gasteiger partial charge in [0.05, 0.1) is 22.6 Å². The molecule has 1 aliphatic rings. The monoisotopic (exact) mass is 359 g/mol. The summed E-state index contributed by atoms with van der Waals surface area (Å²) in [5.41, 5.74) is 2.80. The molecule has 1 saturated heterocycles. The quantitative estimate of drug-likeness (QED) is 0.564. The molecule has 0 amide bonds. The van der Waals surface area contributed by atoms with Gasteiger partial charge in [-0.1, -0.05) is 18.2 Å². The van der Waals surface area contributed by atoms with E-state index in [2.05, 4.69) is 11.1 Å². The van der Waals surface area contributed by atoms with Gasteiger partial charge in [0.2, 0.25) is 0 Å². The third-order valence-corrected chi connectivity index (χ3v) is 5.46. The smallest absolute Gasteiger partial charge is 0.261 e. The van der Waals surface area contributed by atoms with Crippen molar-refractivity contribution in [2.45, 2.75) is 25.4 Å². The van der Waals surface area contributed by atoms with Crippen molar-refractivity contribution in [3.8, 4) is 0 Å². The van der Waals surface area contributed by atoms with Crippen LogP contribution in [0.5, 0.6) is 0 Å². The van der Waals surface area contributed by atoms with Crippen LogP contribution in [0.15, 0.2) is 59.7 Å². The first kappa shape index (κ1) is 16.2. The number of nitrogens with zero attached hydrogens (tertiary/aromatic N) is 5. The summed E-state index contributed by atoms with van der Waals surface area (Å²) in [5, 5.41) is 0.675. The number of hydrogen-bond donors (Lipinski definition) is 0. The molecular formula is C21H21N5O. The van der Waals surface area contributed by atoms with Gasteiger partial charge in [-0.3, -0.25) is 14.3 Å². The maximum atomic E-state index is 12.8. The van der Waals surface area contributed by atoms with E-state index in [4.69, 9.17) is 9.97 Å². The third-order valence-electron chi connectivity index (χ3n) is 5.46. The Bertz CT molecular complexity index is 1160. The van der Waals surface area contributed by atoms with E-state index in [-0.39, 0.29) is 11.6 Å². The average molecular weight is 359 g/mol. The van der Waals surface area contributed by atoms with E-state index in [1.165, 1.54) is 0 Å². The topological polar surface area (TPSA) is 55.4 Å². The van der Waals surface area contributed by atoms with E-state index < -0.39 is 0 Å². The van der Waals surface area contributed by atoms with Crippen LogP contribution in [0.3, 0.4) is 0 Å². The van der Waals surface area contributed by atoms with Crippen molar-refractivity contribution in [3.05, 3.63) is 76.7 Å². The van der Waals surface area contributed by atoms with Gasteiger partial charge in [-0.2, -0.15) is 0 Å². The standard InChI is InChI=1S/C21H21N5O/c1-24-20(23-17-8-3-2-7-16(17)21(24)27)18-9-6-12-25(18)13-15-14-26-11-5-4-10-19(26)22-15/h2-5,7-8,10-11,14,18H,6,9,12-13H2,1H3. The summed E-state index contributed by atoms with van der Waals surface area (Å²) in [6.07, 6.45) is 6.20. The SMILES string of the molecule is Cn1c(C2CCCN2Cc2cn3ccccc3n2)nc2ccccc2c1=O. The van der Waals surface area contributed by atoms with Crippen molar-refractivity contribution < 1.29 is 0 Å². The number of rotatable bonds is 3. The lowest BCUT2D eigenvalue weighted by Gasteiger charge is -2.24. The minimum Gasteiger partial charge on any atom is -0.307 e. The molecule has 4 heterocycles. The Morgan fingerprint density at radius 3 is 2.85 bits per heavy atom. The van der Waals surface area contributed by atoms with E-state index in [0.717, 1.165) is 48.6 Å². The third kappa shape index (κ3) is 2.73. The van der Waals surface area contributed by atoms with Gasteiger partial charge in [-0.25, -0.2) is 9.97 Å². The highest BCUT2D eigenvalue weighted by Gasteiger charge is 2.30. The molecule has 4 aromatic rings. The number of imidazole rings is 1. The Morgan fingerprint density at radius 1 is 1.11 bits per heavy atom. The van der Waals surface area contributed by atoms with Gasteiger partial charge >= 0.3 is 0 Å². The summed E-state index contributed by atoms with van der Waals surface area (Å²) in [6.45, 7) is 1.75. The van der Waals surface area contributed by atoms with E-state index in [1.807, 2.05) is 60.1 Å². The van der Waals surface area contributed by atoms with Crippen molar-refractivity contribution in [3.63, 3.8) is 0 Å². The second-order valence-corrected chi connectivity index (χ2v) is 7.18. The Morgan fingerprint density at radius 2 is 1.96 bits per heavy atom. The number of likely N-dealkylation sites (tertiary alicyclic amines) is 1. The van der Waals surface area contributed by atoms with Crippen LogP contribution in [-0.2, 0) is 13.6 Å². The summed E-state index contributed by atoms with van der Waals surface area (Å²) >= 11 is 0. The van der Waals surface area contributed by atoms with E-state index >= 15 is 0 Å². The summed E-state index contributed by atoms with van der Waals surface area (Å²) in [7, 11) is 1.83. The van der Waals surface area contributed by atoms with E-state index in [0.29, 0.717) is 5.39 Å². The van der Waals surface area contributed by atoms with E-state index in [9.17, 15) is 4.79 Å². The lowest BCUT2D eigenvalue weighted by Crippen LogP contribution is -2.30. The lowest BCUT2D eigenvalue weighted by atomic mass is 10.1. The molecule has 6 heteroatoms. The highest BCUT2D eigenvalue weighted by Crippen LogP contribution is 2.32. The number of hydrogen-bond acceptors (Lipinski definition) is 4. The maximum Gasteiger partial charge on any atom is 0.261 e. The molecule has 1 unspecified atom stereocenters. The summed E-state index contributed by atoms with van der Waals surface area (Å²) < 4.78 is 3.76. The zero-order valence-electron chi connectivity index (χ0n) is 15.2. The molecule has 6 nitrogen and oxygen atoms in total. The Labute approximate surface area is 156 Å². The number of pyridine rings is 1. The van der Waals surface area contributed by atoms with Crippen molar-refractivity contribution in [1.82, 2.24) is 23.8 Å². The van der Waals surface area contributed by atoms with Crippen LogP contribution in [0.25, 0.3) is 16.6 Å². The number of benzene rings is 1. The molecule has 0 bridgehead atoms. The lowest BCUT2D eigenvalue weighted by molar-refractivity contribution is 0.232. The van der Waals surface area contributed by atoms with Crippen LogP contribution in [-0.4, -0.2) is 30.4 Å². The molecule has 0 N–H and O–H groups in total. The molecule has 1 atom stereocenters. The minimum atomic E-state index is 0.0233. The predicted octanol–water partition coefficient (Wildman–Crippen LogP) is 2.92. The van der Waals surface area contributed by atoms with Crippen LogP contribution < -0.4 is 5.56 Å². The molecular weight excluding hydrogens is 338 g/mol. The molecule has 27 heavy (non-hydrogen) atoms. The molecule has 0 aliphatic carbocycles. The van der Waals surface area contributed by atoms with Gasteiger partial charge in [0.15, 0.2) is 0 Å². The second-order valence-electron chi connectivity index (χ2n) is 7.18. The molecule has 3 aromatic heterocycles. The summed E-state index contributed by atoms with van der Waals surface area (Å²) in [4.78, 5) is 24.7. The number of para-hydroxylation sites is 1. The van der Waals surface area contributed by atoms with Crippen molar-refractivity contribution in [2.75, 3.05) is 6.54 Å². The van der Waals surface area contributed by atoms with Crippen LogP contribution in [0, 0.1) is 0 Å². The van der Waals surface area contributed by atoms with Crippen LogP contribution in [0.4, 0.5) is 0 Å². The fraction of sp³-hybridized carbons (Fsp3) is 0.286. The van der Waals surface area contributed by atoms with Crippen LogP contribution in [0.1, 0.15) is 30.4 Å². The fourth-order valence-corrected chi connectivity index (χ4v) is 4.11. The molecule has 1 aromatic carbocycles. The zero-order chi connectivity index (χ0) is 18.4. The highest BCUT2D eigenvalue weighted by molar-refractivity contribution is 5.77. The molecule has 1 fully saturated rings. The van der Waals surface area contributed by atoms with Crippen molar-refractivity contribution >= 4 is 16.6 Å². The van der Waals surface area contributed by atoms with Crippen molar-refractivity contribution in [1.29, 1.82) is 0 Å². The van der Waals surface area contributed by atoms with Gasteiger partial charge in [0.25, 0.3) is 5.56 Å². The van der Waals surface area contributed by atoms with E-state index in [1.54, 1.807) is 4.57 Å². The maximum absolute atomic E-state index is 12.8. The fourth-order valence-electron chi connectivity index (χ4n) is 4.11. The summed E-state index contributed by atoms with van der Waals surface area (Å²) in [5.74, 6) is 0.847. The van der Waals surface area contributed by atoms with Gasteiger partial charge in [-0.15, -0.1) is 0 Å². The van der Waals surface area contributed by atoms with Crippen molar-refractivity contribution in [2.24, 2.45) is 7.05 Å². The second kappa shape index (κ2) is 6.32. The molecule has 136 valence electrons. The minimum absolute atomic E-state index is 0.0233. The zero-order valence-corrected chi connectivity index (χ0v) is 15.2. The first-order valence-corrected chi connectivity index (χ1v) is 9.33. The largest absolute Gasteiger partial charge is 0.307 e. The molecule has 0 radical (unpaired) electrons. The van der Waals surface area contributed by atoms with Gasteiger partial charge in [-0.05, 0) is 43.7 Å². The van der Waals surface area contributed by atoms with Gasteiger partial charge < -0.3 is 4.40 Å². The molecule has 0 spiro atoms. The highest BCUT2D eigenvalue weighted by atomic mass is 16.1. The predicted molar refractivity (Wildman–Crippen MR) is 105 cm³/mol. The Balaban J connectivity index is 1.51. The normalized spacial score (nSPS) is 17.9. The Hall–Kier alpha value is -2.99. The van der Waals surface area contributed by atoms with Crippen LogP contribution >= 0.6 is 0 Å². The molecule has 5 rings (SSSR count). The Kier molecular flexibility index (Phi) is 3.79. The first-order chi connectivity index (χ1) is 13.2. The number of aromatic nitrogens is 4. The average Bonchev–Trinajstić information content (AvgIpc) is 3.31. The summed E-state index contributed by atoms with van der Waals surface area (Å²) in [6, 6.07) is 13.7.